The molecule has 0 bridgehead atoms. The van der Waals surface area contributed by atoms with Crippen LogP contribution in [0.3, 0.4) is 0 Å². The van der Waals surface area contributed by atoms with Crippen LogP contribution in [-0.4, -0.2) is 54.6 Å². The van der Waals surface area contributed by atoms with Crippen LogP contribution >= 0.6 is 0 Å². The highest BCUT2D eigenvalue weighted by Gasteiger charge is 2.37. The fourth-order valence-electron chi connectivity index (χ4n) is 4.34. The second-order valence-electron chi connectivity index (χ2n) is 8.95. The van der Waals surface area contributed by atoms with E-state index in [-0.39, 0.29) is 36.7 Å². The van der Waals surface area contributed by atoms with Crippen LogP contribution in [0.15, 0.2) is 66.9 Å². The van der Waals surface area contributed by atoms with Crippen LogP contribution in [0.2, 0.25) is 0 Å². The summed E-state index contributed by atoms with van der Waals surface area (Å²) in [7, 11) is 3.50. The summed E-state index contributed by atoms with van der Waals surface area (Å²) in [6.45, 7) is 0.795. The number of nitrogens with zero attached hydrogens (tertiary/aromatic N) is 3. The monoisotopic (exact) mass is 514 g/mol. The van der Waals surface area contributed by atoms with Gasteiger partial charge in [-0.15, -0.1) is 0 Å². The van der Waals surface area contributed by atoms with E-state index in [9.17, 15) is 23.1 Å². The number of aromatic nitrogens is 1. The summed E-state index contributed by atoms with van der Waals surface area (Å²) >= 11 is 0. The van der Waals surface area contributed by atoms with Crippen LogP contribution in [-0.2, 0) is 18.5 Å². The Morgan fingerprint density at radius 3 is 2.54 bits per heavy atom. The zero-order chi connectivity index (χ0) is 26.6. The summed E-state index contributed by atoms with van der Waals surface area (Å²) < 4.78 is 48.3. The third-order valence-corrected chi connectivity index (χ3v) is 6.34. The van der Waals surface area contributed by atoms with E-state index in [0.717, 1.165) is 6.07 Å². The average molecular weight is 515 g/mol. The van der Waals surface area contributed by atoms with Crippen LogP contribution in [0.25, 0.3) is 0 Å². The van der Waals surface area contributed by atoms with E-state index in [4.69, 9.17) is 4.74 Å². The first kappa shape index (κ1) is 26.4. The van der Waals surface area contributed by atoms with E-state index in [1.165, 1.54) is 17.0 Å². The summed E-state index contributed by atoms with van der Waals surface area (Å²) in [6, 6.07) is 15.3. The van der Waals surface area contributed by atoms with Crippen molar-refractivity contribution in [3.8, 4) is 5.75 Å². The number of nitrogens with one attached hydrogen (secondary N) is 1. The maximum absolute atomic E-state index is 14.2. The Hall–Kier alpha value is -3.63. The van der Waals surface area contributed by atoms with E-state index in [2.05, 4.69) is 10.3 Å². The van der Waals surface area contributed by atoms with Gasteiger partial charge in [0.2, 0.25) is 5.79 Å². The van der Waals surface area contributed by atoms with E-state index < -0.39 is 17.5 Å². The summed E-state index contributed by atoms with van der Waals surface area (Å²) in [6.07, 6.45) is -3.01. The number of pyridine rings is 1. The van der Waals surface area contributed by atoms with Crippen LogP contribution < -0.4 is 15.0 Å². The Morgan fingerprint density at radius 1 is 1.08 bits per heavy atom. The predicted octanol–water partition coefficient (Wildman–Crippen LogP) is 4.03. The van der Waals surface area contributed by atoms with Crippen molar-refractivity contribution < 1.29 is 27.8 Å². The quantitative estimate of drug-likeness (QED) is 0.442. The molecule has 196 valence electrons. The molecule has 0 fully saturated rings. The Balaban J connectivity index is 1.65. The predicted molar refractivity (Wildman–Crippen MR) is 133 cm³/mol. The number of aliphatic hydroxyl groups is 1. The largest absolute Gasteiger partial charge is 0.458 e. The van der Waals surface area contributed by atoms with Crippen molar-refractivity contribution in [2.24, 2.45) is 0 Å². The van der Waals surface area contributed by atoms with Gasteiger partial charge in [0.1, 0.15) is 11.6 Å². The lowest BCUT2D eigenvalue weighted by Crippen LogP contribution is -2.36. The molecule has 1 aliphatic heterocycles. The van der Waals surface area contributed by atoms with Gasteiger partial charge in [0.05, 0.1) is 11.1 Å². The molecular formula is C27H29F3N4O3. The minimum atomic E-state index is -4.70. The van der Waals surface area contributed by atoms with Gasteiger partial charge in [-0.1, -0.05) is 36.4 Å². The summed E-state index contributed by atoms with van der Waals surface area (Å²) in [5.41, 5.74) is -0.226. The third-order valence-electron chi connectivity index (χ3n) is 6.34. The molecule has 1 aromatic heterocycles. The highest BCUT2D eigenvalue weighted by atomic mass is 19.4. The number of hydrogen-bond acceptors (Lipinski definition) is 6. The average Bonchev–Trinajstić information content (AvgIpc) is 3.00. The Kier molecular flexibility index (Phi) is 7.70. The minimum absolute atomic E-state index is 0.0679. The molecular weight excluding hydrogens is 485 g/mol. The molecule has 0 unspecified atom stereocenters. The maximum atomic E-state index is 14.2. The van der Waals surface area contributed by atoms with E-state index in [1.54, 1.807) is 62.8 Å². The number of hydrogen-bond donors (Lipinski definition) is 2. The Labute approximate surface area is 213 Å². The highest BCUT2D eigenvalue weighted by Crippen LogP contribution is 2.37. The molecule has 2 aromatic carbocycles. The van der Waals surface area contributed by atoms with Crippen LogP contribution in [0.5, 0.6) is 5.75 Å². The number of amides is 1. The lowest BCUT2D eigenvalue weighted by atomic mass is 10.0. The molecule has 2 N–H and O–H groups in total. The molecule has 0 saturated heterocycles. The zero-order valence-corrected chi connectivity index (χ0v) is 20.6. The first-order valence-corrected chi connectivity index (χ1v) is 11.9. The van der Waals surface area contributed by atoms with Crippen molar-refractivity contribution in [1.29, 1.82) is 0 Å². The number of anilines is 1. The fraction of sp³-hybridized carbons (Fsp3) is 0.333. The molecule has 0 saturated carbocycles. The molecule has 7 nitrogen and oxygen atoms in total. The topological polar surface area (TPSA) is 77.9 Å². The lowest BCUT2D eigenvalue weighted by molar-refractivity contribution is -0.152. The summed E-state index contributed by atoms with van der Waals surface area (Å²) in [4.78, 5) is 20.6. The maximum Gasteiger partial charge on any atom is 0.416 e. The lowest BCUT2D eigenvalue weighted by Gasteiger charge is -2.30. The molecule has 0 radical (unpaired) electrons. The number of rotatable bonds is 8. The second-order valence-corrected chi connectivity index (χ2v) is 8.95. The molecule has 37 heavy (non-hydrogen) atoms. The van der Waals surface area contributed by atoms with Gasteiger partial charge in [-0.05, 0) is 36.9 Å². The van der Waals surface area contributed by atoms with E-state index in [0.29, 0.717) is 30.0 Å². The molecule has 0 aliphatic carbocycles. The number of benzene rings is 2. The normalized spacial score (nSPS) is 15.7. The molecule has 1 amide bonds. The van der Waals surface area contributed by atoms with Crippen molar-refractivity contribution in [3.05, 3.63) is 89.1 Å². The molecule has 10 heteroatoms. The number of halogens is 3. The van der Waals surface area contributed by atoms with Gasteiger partial charge in [0.25, 0.3) is 5.91 Å². The number of ether oxygens (including phenoxy) is 1. The standard InChI is InChI=1S/C27H29F3N4O3/c1-31-14-12-26(36,20-7-4-3-5-8-20)37-21-11-10-19(23(17-21)27(28,29)30)18-34-16-15-33(2)24-22(25(34)35)9-6-13-32-24/h3-11,13,17,31,36H,12,14-16,18H2,1-2H3/t26-/m1/s1. The minimum Gasteiger partial charge on any atom is -0.458 e. The van der Waals surface area contributed by atoms with Crippen molar-refractivity contribution in [3.63, 3.8) is 0 Å². The third kappa shape index (κ3) is 5.86. The van der Waals surface area contributed by atoms with Gasteiger partial charge >= 0.3 is 6.18 Å². The zero-order valence-electron chi connectivity index (χ0n) is 20.6. The Morgan fingerprint density at radius 2 is 1.84 bits per heavy atom. The van der Waals surface area contributed by atoms with Gasteiger partial charge < -0.3 is 25.0 Å². The molecule has 1 aliphatic rings. The van der Waals surface area contributed by atoms with Gasteiger partial charge in [0, 0.05) is 51.4 Å². The summed E-state index contributed by atoms with van der Waals surface area (Å²) in [5, 5.41) is 14.2. The molecule has 4 rings (SSSR count). The van der Waals surface area contributed by atoms with Gasteiger partial charge in [-0.2, -0.15) is 13.2 Å². The second kappa shape index (κ2) is 10.8. The van der Waals surface area contributed by atoms with Gasteiger partial charge in [-0.3, -0.25) is 4.79 Å². The number of fused-ring (bicyclic) bond motifs is 1. The van der Waals surface area contributed by atoms with E-state index in [1.807, 2.05) is 4.90 Å². The number of carbonyl (C=O) groups is 1. The number of carbonyl (C=O) groups excluding carboxylic acids is 1. The molecule has 2 heterocycles. The molecule has 3 aromatic rings. The highest BCUT2D eigenvalue weighted by molar-refractivity contribution is 5.99. The van der Waals surface area contributed by atoms with E-state index >= 15 is 0 Å². The van der Waals surface area contributed by atoms with Gasteiger partial charge in [-0.25, -0.2) is 4.98 Å². The smallest absolute Gasteiger partial charge is 0.416 e. The first-order valence-electron chi connectivity index (χ1n) is 11.9. The number of likely N-dealkylation sites (N-methyl/N-ethyl adjacent to an activating group) is 1. The van der Waals surface area contributed by atoms with Crippen molar-refractivity contribution in [1.82, 2.24) is 15.2 Å². The fourth-order valence-corrected chi connectivity index (χ4v) is 4.34. The molecule has 0 spiro atoms. The van der Waals surface area contributed by atoms with Crippen molar-refractivity contribution in [2.45, 2.75) is 24.9 Å². The SMILES string of the molecule is CNCC[C@@](O)(Oc1ccc(CN2CCN(C)c3ncccc3C2=O)c(C(F)(F)F)c1)c1ccccc1. The van der Waals surface area contributed by atoms with Gasteiger partial charge in [0.15, 0.2) is 0 Å². The van der Waals surface area contributed by atoms with Crippen LogP contribution in [0.4, 0.5) is 19.0 Å². The molecule has 1 atom stereocenters. The van der Waals surface area contributed by atoms with Crippen molar-refractivity contribution >= 4 is 11.7 Å². The van der Waals surface area contributed by atoms with Crippen LogP contribution in [0, 0.1) is 0 Å². The van der Waals surface area contributed by atoms with Crippen LogP contribution in [0.1, 0.15) is 33.5 Å². The number of alkyl halides is 3. The van der Waals surface area contributed by atoms with Crippen molar-refractivity contribution in [2.75, 3.05) is 38.6 Å². The summed E-state index contributed by atoms with van der Waals surface area (Å²) in [5.74, 6) is -1.85. The Bertz CT molecular complexity index is 1240. The first-order chi connectivity index (χ1) is 17.6.